The van der Waals surface area contributed by atoms with Crippen LogP contribution in [0.3, 0.4) is 0 Å². The Morgan fingerprint density at radius 2 is 0.478 bits per heavy atom. The maximum Gasteiger partial charge on any atom is 0.0967 e. The van der Waals surface area contributed by atoms with Crippen molar-refractivity contribution in [3.05, 3.63) is 204 Å². The molecule has 0 aromatic rings. The topological polar surface area (TPSA) is 155 Å². The molecule has 0 spiro atoms. The number of nitrogens with one attached hydrogen (secondary N) is 3. The molecule has 0 radical (unpaired) electrons. The molecule has 13 saturated heterocycles. The molecule has 134 heavy (non-hydrogen) atoms. The number of hydrogen-bond acceptors (Lipinski definition) is 24. The highest BCUT2D eigenvalue weighted by Gasteiger charge is 2.38. The highest BCUT2D eigenvalue weighted by Crippen LogP contribution is 2.32. The van der Waals surface area contributed by atoms with Gasteiger partial charge in [-0.15, -0.1) is 6.58 Å². The first-order valence-corrected chi connectivity index (χ1v) is 51.1. The summed E-state index contributed by atoms with van der Waals surface area (Å²) in [7, 11) is 12.9. The third-order valence-electron chi connectivity index (χ3n) is 26.8. The van der Waals surface area contributed by atoms with Crippen LogP contribution in [0.25, 0.3) is 0 Å². The van der Waals surface area contributed by atoms with Crippen LogP contribution in [0.4, 0.5) is 0 Å². The molecule has 16 rings (SSSR count). The molecule has 13 aliphatic heterocycles. The molecule has 3 saturated carbocycles. The number of likely N-dealkylation sites (tertiary alicyclic amines) is 8. The van der Waals surface area contributed by atoms with Gasteiger partial charge in [-0.1, -0.05) is 139 Å². The van der Waals surface area contributed by atoms with E-state index in [-0.39, 0.29) is 7.43 Å². The Balaban J connectivity index is 0.00000141. The van der Waals surface area contributed by atoms with Crippen molar-refractivity contribution in [2.45, 2.75) is 212 Å². The van der Waals surface area contributed by atoms with Crippen molar-refractivity contribution < 1.29 is 15.3 Å². The van der Waals surface area contributed by atoms with Crippen LogP contribution < -0.4 is 16.0 Å². The lowest BCUT2D eigenvalue weighted by molar-refractivity contribution is -0.0600. The summed E-state index contributed by atoms with van der Waals surface area (Å²) >= 11 is 0. The largest absolute Gasteiger partial charge is 0.390 e. The second kappa shape index (κ2) is 77.4. The van der Waals surface area contributed by atoms with Crippen molar-refractivity contribution >= 4 is 0 Å². The van der Waals surface area contributed by atoms with E-state index in [2.05, 4.69) is 267 Å². The second-order valence-electron chi connectivity index (χ2n) is 39.5. The predicted molar refractivity (Wildman–Crippen MR) is 585 cm³/mol. The molecule has 0 unspecified atom stereocenters. The zero-order valence-electron chi connectivity index (χ0n) is 87.7. The van der Waals surface area contributed by atoms with E-state index in [9.17, 15) is 10.2 Å². The van der Waals surface area contributed by atoms with Gasteiger partial charge in [-0.2, -0.15) is 0 Å². The smallest absolute Gasteiger partial charge is 0.0967 e. The lowest BCUT2D eigenvalue weighted by Gasteiger charge is -2.43. The first-order valence-electron chi connectivity index (χ1n) is 51.1. The fraction of sp³-hybridized carbons (Fsp3) is 0.709. The number of piperidine rings is 4. The SMILES string of the molecule is C.C=CC1CCC(C)CC1.C=CN1CC(C)(O)C1.C=CN1CCC(C)(O)CC1.C=CN1CCC(C)CC1.C=CN1CCC1.C=CN1CCCC1.C=CN1CCCCC1.C=CN1CCCCC1.C=CN1CCN(C)CC1.C=CN1CCN(C)CC1.C=CN1CCN(C)CC1.C=CN1CCN(C)CC1.C=CN1CCN(C)CC1.C=CNC1CC(C)(O)C1.C=CNC1CC1.C=CNC1CN(C)C1. The molecule has 6 N–H and O–H groups in total. The molecule has 16 aliphatic rings. The minimum atomic E-state index is -0.450. The number of allylic oxidation sites excluding steroid dienone is 1. The molecule has 24 nitrogen and oxygen atoms in total. The Bertz CT molecular complexity index is 2690. The number of likely N-dealkylation sites (N-methyl/N-ethyl adjacent to an activating group) is 6. The zero-order chi connectivity index (χ0) is 99.1. The third kappa shape index (κ3) is 66.1. The minimum absolute atomic E-state index is 0. The number of piperazine rings is 5. The van der Waals surface area contributed by atoms with Crippen molar-refractivity contribution in [1.29, 1.82) is 0 Å². The van der Waals surface area contributed by atoms with Crippen LogP contribution in [-0.2, 0) is 0 Å². The molecule has 0 aromatic carbocycles. The lowest BCUT2D eigenvalue weighted by atomic mass is 9.77. The van der Waals surface area contributed by atoms with Gasteiger partial charge in [0, 0.05) is 248 Å². The van der Waals surface area contributed by atoms with Crippen molar-refractivity contribution in [2.75, 3.05) is 278 Å². The summed E-state index contributed by atoms with van der Waals surface area (Å²) in [5.74, 6) is 2.74. The van der Waals surface area contributed by atoms with Crippen molar-refractivity contribution in [3.8, 4) is 0 Å². The Labute approximate surface area is 826 Å². The van der Waals surface area contributed by atoms with E-state index in [1.165, 1.54) is 240 Å². The lowest BCUT2D eigenvalue weighted by Crippen LogP contribution is -2.57. The molecular formula is C110H211N21O3. The molecule has 13 heterocycles. The summed E-state index contributed by atoms with van der Waals surface area (Å²) < 4.78 is 0. The summed E-state index contributed by atoms with van der Waals surface area (Å²) in [5.41, 5.74) is -1.30. The summed E-state index contributed by atoms with van der Waals surface area (Å²) in [4.78, 5) is 40.6. The molecule has 3 aliphatic carbocycles. The van der Waals surface area contributed by atoms with Crippen LogP contribution in [-0.4, -0.2) is 416 Å². The monoisotopic (exact) mass is 1870 g/mol. The van der Waals surface area contributed by atoms with Crippen LogP contribution in [0.15, 0.2) is 204 Å². The molecule has 0 atom stereocenters. The summed E-state index contributed by atoms with van der Waals surface area (Å²) in [6, 6.07) is 1.90. The normalized spacial score (nSPS) is 24.0. The number of rotatable bonds is 19. The van der Waals surface area contributed by atoms with E-state index < -0.39 is 16.8 Å². The Hall–Kier alpha value is -7.52. The van der Waals surface area contributed by atoms with E-state index in [0.29, 0.717) is 12.1 Å². The second-order valence-corrected chi connectivity index (χ2v) is 39.5. The van der Waals surface area contributed by atoms with Crippen molar-refractivity contribution in [2.24, 2.45) is 17.8 Å². The first-order chi connectivity index (χ1) is 63.7. The van der Waals surface area contributed by atoms with Gasteiger partial charge in [0.1, 0.15) is 0 Å². The third-order valence-corrected chi connectivity index (χ3v) is 26.8. The molecule has 0 amide bonds. The van der Waals surface area contributed by atoms with E-state index in [1.807, 2.05) is 93.9 Å². The average Bonchev–Trinajstić information content (AvgIpc) is 1.27. The first kappa shape index (κ1) is 126. The van der Waals surface area contributed by atoms with Crippen molar-refractivity contribution in [1.82, 2.24) is 104 Å². The van der Waals surface area contributed by atoms with Crippen LogP contribution in [0.2, 0.25) is 0 Å². The highest BCUT2D eigenvalue weighted by molar-refractivity contribution is 4.98. The van der Waals surface area contributed by atoms with Gasteiger partial charge in [0.25, 0.3) is 0 Å². The highest BCUT2D eigenvalue weighted by atomic mass is 16.3. The van der Waals surface area contributed by atoms with Gasteiger partial charge >= 0.3 is 0 Å². The summed E-state index contributed by atoms with van der Waals surface area (Å²) in [5, 5.41) is 37.1. The summed E-state index contributed by atoms with van der Waals surface area (Å²) in [6.07, 6.45) is 56.8. The number of hydrogen-bond donors (Lipinski definition) is 6. The Kier molecular flexibility index (Phi) is 73.1. The maximum absolute atomic E-state index is 9.53. The predicted octanol–water partition coefficient (Wildman–Crippen LogP) is 15.4. The van der Waals surface area contributed by atoms with Gasteiger partial charge in [0.05, 0.1) is 22.8 Å². The van der Waals surface area contributed by atoms with Gasteiger partial charge in [-0.25, -0.2) is 0 Å². The van der Waals surface area contributed by atoms with Crippen LogP contribution in [0.1, 0.15) is 177 Å². The van der Waals surface area contributed by atoms with E-state index in [4.69, 9.17) is 5.11 Å². The molecule has 24 heteroatoms. The number of aliphatic hydroxyl groups is 3. The Morgan fingerprint density at radius 3 is 0.687 bits per heavy atom. The molecule has 774 valence electrons. The van der Waals surface area contributed by atoms with Crippen LogP contribution in [0.5, 0.6) is 0 Å². The summed E-state index contributed by atoms with van der Waals surface area (Å²) in [6.45, 7) is 110. The van der Waals surface area contributed by atoms with Gasteiger partial charge in [-0.3, -0.25) is 0 Å². The van der Waals surface area contributed by atoms with E-state index in [1.54, 1.807) is 24.8 Å². The van der Waals surface area contributed by atoms with E-state index >= 15 is 0 Å². The fourth-order valence-electron chi connectivity index (χ4n) is 16.2. The minimum Gasteiger partial charge on any atom is -0.390 e. The van der Waals surface area contributed by atoms with Gasteiger partial charge < -0.3 is 119 Å². The average molecular weight is 1880 g/mol. The van der Waals surface area contributed by atoms with Crippen molar-refractivity contribution in [3.63, 3.8) is 0 Å². The van der Waals surface area contributed by atoms with Crippen LogP contribution in [0, 0.1) is 17.8 Å². The molecular weight excluding hydrogens is 1660 g/mol. The molecule has 0 bridgehead atoms. The van der Waals surface area contributed by atoms with Crippen LogP contribution >= 0.6 is 0 Å². The Morgan fingerprint density at radius 1 is 0.239 bits per heavy atom. The zero-order valence-corrected chi connectivity index (χ0v) is 87.7. The standard InChI is InChI=1S/C9H16.C8H15NO.C8H15N.5C7H14N2.C7H13NO.2C7H13N.C6H12N2.C6H11NO.C6H11N.2C5H9N.CH4/c1-3-9-6-4-8(2)5-7-9;1-3-9-6-4-8(2,10)5-7-9;6*1-3-9-6-4-8(2)5-7-9;1-3-8-6-4-7(2,9)5-6;2*1-2-8-6-4-3-5-7-8;1-3-7-6-4-8(2)5-6;1-3-7-4-6(2,8)5-7;1-2-7-5-3-4-6-7;1-2-6-4-3-5-6;1-2-6-5-3-4-5;/h3,8-9H,1,4-7H2,2H3;3,10H,1,4-7H2,2H3;3,8H,1,4-7H2,2H3;5*3H,1,4-7H2,2H3;3,6,8-9H,1,4-5H2,2H3;2*2H,1,3-7H2;3,6-7H,1,4-5H2,2H3;3,8H,1,4-5H2,2H3;2H,1,3-6H2;2H,1,3-5H2;2,5-6H,1,3-4H2;1H4. The van der Waals surface area contributed by atoms with E-state index in [0.717, 1.165) is 154 Å². The fourth-order valence-corrected chi connectivity index (χ4v) is 16.2. The molecule has 0 aromatic heterocycles. The van der Waals surface area contributed by atoms with Gasteiger partial charge in [0.2, 0.25) is 0 Å². The number of nitrogens with zero attached hydrogens (tertiary/aromatic N) is 18. The maximum atomic E-state index is 9.53. The quantitative estimate of drug-likeness (QED) is 0.0679. The molecule has 16 fully saturated rings. The van der Waals surface area contributed by atoms with Gasteiger partial charge in [0.15, 0.2) is 0 Å². The van der Waals surface area contributed by atoms with Gasteiger partial charge in [-0.05, 0) is 296 Å². The number of β-amino-alcohol motifs (C(OH)–C–C–N with tert-alkyl or cyclic N) is 1.